The van der Waals surface area contributed by atoms with Gasteiger partial charge >= 0.3 is 5.97 Å². The maximum atomic E-state index is 13.0. The largest absolute Gasteiger partial charge is 0.468 e. The van der Waals surface area contributed by atoms with Gasteiger partial charge in [0.1, 0.15) is 6.54 Å². The summed E-state index contributed by atoms with van der Waals surface area (Å²) in [7, 11) is 1.29. The predicted octanol–water partition coefficient (Wildman–Crippen LogP) is 2.96. The number of rotatable bonds is 6. The van der Waals surface area contributed by atoms with Crippen LogP contribution in [0.15, 0.2) is 60.7 Å². The fraction of sp³-hybridized carbons (Fsp3) is 0.238. The van der Waals surface area contributed by atoms with Gasteiger partial charge in [0.2, 0.25) is 5.82 Å². The number of aromatic nitrogens is 3. The summed E-state index contributed by atoms with van der Waals surface area (Å²) < 4.78 is 6.34. The highest BCUT2D eigenvalue weighted by molar-refractivity contribution is 5.93. The van der Waals surface area contributed by atoms with Crippen LogP contribution in [0.4, 0.5) is 0 Å². The summed E-state index contributed by atoms with van der Waals surface area (Å²) in [5.41, 5.74) is 1.62. The Morgan fingerprint density at radius 2 is 1.64 bits per heavy atom. The van der Waals surface area contributed by atoms with Crippen molar-refractivity contribution < 1.29 is 14.3 Å². The monoisotopic (exact) mass is 378 g/mol. The molecule has 7 heteroatoms. The maximum absolute atomic E-state index is 13.0. The van der Waals surface area contributed by atoms with Gasteiger partial charge in [-0.15, -0.1) is 5.10 Å². The van der Waals surface area contributed by atoms with Crippen LogP contribution >= 0.6 is 0 Å². The van der Waals surface area contributed by atoms with E-state index in [1.807, 2.05) is 74.5 Å². The summed E-state index contributed by atoms with van der Waals surface area (Å²) in [6.45, 7) is 3.49. The zero-order valence-corrected chi connectivity index (χ0v) is 16.1. The minimum Gasteiger partial charge on any atom is -0.468 e. The minimum atomic E-state index is -0.493. The minimum absolute atomic E-state index is 0.0281. The van der Waals surface area contributed by atoms with Crippen molar-refractivity contribution in [3.05, 3.63) is 66.5 Å². The summed E-state index contributed by atoms with van der Waals surface area (Å²) in [6.07, 6.45) is 0. The van der Waals surface area contributed by atoms with Gasteiger partial charge in [0.15, 0.2) is 5.82 Å². The number of nitrogens with zero attached hydrogens (tertiary/aromatic N) is 4. The second-order valence-corrected chi connectivity index (χ2v) is 6.48. The Hall–Kier alpha value is -3.48. The molecule has 0 aliphatic carbocycles. The molecule has 0 saturated heterocycles. The van der Waals surface area contributed by atoms with Crippen molar-refractivity contribution in [1.29, 1.82) is 0 Å². The van der Waals surface area contributed by atoms with E-state index >= 15 is 0 Å². The summed E-state index contributed by atoms with van der Waals surface area (Å²) in [4.78, 5) is 30.7. The van der Waals surface area contributed by atoms with E-state index in [9.17, 15) is 9.59 Å². The fourth-order valence-corrected chi connectivity index (χ4v) is 2.75. The van der Waals surface area contributed by atoms with Gasteiger partial charge in [-0.05, 0) is 26.0 Å². The van der Waals surface area contributed by atoms with Crippen LogP contribution in [0.1, 0.15) is 24.5 Å². The number of amides is 1. The van der Waals surface area contributed by atoms with Gasteiger partial charge in [-0.25, -0.2) is 9.67 Å². The molecule has 0 bridgehead atoms. The normalized spacial score (nSPS) is 10.7. The first-order chi connectivity index (χ1) is 13.5. The van der Waals surface area contributed by atoms with E-state index in [0.717, 1.165) is 11.3 Å². The van der Waals surface area contributed by atoms with Crippen molar-refractivity contribution in [3.63, 3.8) is 0 Å². The summed E-state index contributed by atoms with van der Waals surface area (Å²) in [5.74, 6) is -0.336. The molecule has 144 valence electrons. The van der Waals surface area contributed by atoms with Crippen molar-refractivity contribution >= 4 is 11.9 Å². The Bertz CT molecular complexity index is 895. The Morgan fingerprint density at radius 1 is 1.04 bits per heavy atom. The molecular formula is C21H22N4O3. The first-order valence-electron chi connectivity index (χ1n) is 8.97. The predicted molar refractivity (Wildman–Crippen MR) is 105 cm³/mol. The lowest BCUT2D eigenvalue weighted by Gasteiger charge is -2.23. The topological polar surface area (TPSA) is 77.3 Å². The lowest BCUT2D eigenvalue weighted by atomic mass is 10.2. The van der Waals surface area contributed by atoms with Crippen LogP contribution in [0.5, 0.6) is 0 Å². The molecule has 0 spiro atoms. The van der Waals surface area contributed by atoms with Gasteiger partial charge in [0.05, 0.1) is 12.8 Å². The third kappa shape index (κ3) is 4.09. The maximum Gasteiger partial charge on any atom is 0.325 e. The standard InChI is InChI=1S/C21H22N4O3/c1-15(2)24(14-18(26)28-3)21(27)19-22-20(16-10-6-4-7-11-16)25(23-19)17-12-8-5-9-13-17/h4-13,15H,14H2,1-3H3. The van der Waals surface area contributed by atoms with Crippen molar-refractivity contribution in [2.45, 2.75) is 19.9 Å². The van der Waals surface area contributed by atoms with E-state index < -0.39 is 11.9 Å². The molecule has 0 N–H and O–H groups in total. The molecule has 7 nitrogen and oxygen atoms in total. The van der Waals surface area contributed by atoms with Crippen molar-refractivity contribution in [2.75, 3.05) is 13.7 Å². The molecular weight excluding hydrogens is 356 g/mol. The molecule has 1 heterocycles. The number of carbonyl (C=O) groups excluding carboxylic acids is 2. The second-order valence-electron chi connectivity index (χ2n) is 6.48. The van der Waals surface area contributed by atoms with Crippen LogP contribution in [-0.4, -0.2) is 51.2 Å². The molecule has 0 radical (unpaired) electrons. The van der Waals surface area contributed by atoms with Crippen LogP contribution in [0.2, 0.25) is 0 Å². The van der Waals surface area contributed by atoms with Crippen molar-refractivity contribution in [1.82, 2.24) is 19.7 Å². The Kier molecular flexibility index (Phi) is 5.84. The highest BCUT2D eigenvalue weighted by atomic mass is 16.5. The molecule has 3 rings (SSSR count). The number of ether oxygens (including phenoxy) is 1. The van der Waals surface area contributed by atoms with Crippen LogP contribution in [0, 0.1) is 0 Å². The summed E-state index contributed by atoms with van der Waals surface area (Å²) in [5, 5.41) is 4.46. The van der Waals surface area contributed by atoms with Crippen LogP contribution in [0.3, 0.4) is 0 Å². The van der Waals surface area contributed by atoms with Crippen molar-refractivity contribution in [3.8, 4) is 17.1 Å². The quantitative estimate of drug-likeness (QED) is 0.616. The number of methoxy groups -OCH3 is 1. The highest BCUT2D eigenvalue weighted by Crippen LogP contribution is 2.21. The van der Waals surface area contributed by atoms with Gasteiger partial charge in [0.25, 0.3) is 5.91 Å². The van der Waals surface area contributed by atoms with Crippen LogP contribution in [0.25, 0.3) is 17.1 Å². The number of carbonyl (C=O) groups is 2. The average Bonchev–Trinajstić information content (AvgIpc) is 3.18. The SMILES string of the molecule is COC(=O)CN(C(=O)c1nc(-c2ccccc2)n(-c2ccccc2)n1)C(C)C. The van der Waals surface area contributed by atoms with Gasteiger partial charge in [-0.2, -0.15) is 0 Å². The molecule has 0 fully saturated rings. The molecule has 0 unspecified atom stereocenters. The molecule has 3 aromatic rings. The van der Waals surface area contributed by atoms with Gasteiger partial charge in [-0.1, -0.05) is 48.5 Å². The van der Waals surface area contributed by atoms with E-state index in [4.69, 9.17) is 4.74 Å². The van der Waals surface area contributed by atoms with Crippen LogP contribution < -0.4 is 0 Å². The number of esters is 1. The zero-order valence-electron chi connectivity index (χ0n) is 16.1. The first kappa shape index (κ1) is 19.3. The molecule has 0 aliphatic heterocycles. The van der Waals surface area contributed by atoms with E-state index in [1.165, 1.54) is 12.0 Å². The van der Waals surface area contributed by atoms with Gasteiger partial charge in [-0.3, -0.25) is 9.59 Å². The number of para-hydroxylation sites is 1. The van der Waals surface area contributed by atoms with E-state index in [0.29, 0.717) is 5.82 Å². The van der Waals surface area contributed by atoms with Gasteiger partial charge < -0.3 is 9.64 Å². The lowest BCUT2D eigenvalue weighted by molar-refractivity contribution is -0.141. The highest BCUT2D eigenvalue weighted by Gasteiger charge is 2.27. The third-order valence-corrected chi connectivity index (χ3v) is 4.24. The van der Waals surface area contributed by atoms with Crippen molar-refractivity contribution in [2.24, 2.45) is 0 Å². The fourth-order valence-electron chi connectivity index (χ4n) is 2.75. The van der Waals surface area contributed by atoms with E-state index in [2.05, 4.69) is 10.1 Å². The Morgan fingerprint density at radius 3 is 2.21 bits per heavy atom. The van der Waals surface area contributed by atoms with Gasteiger partial charge in [0, 0.05) is 11.6 Å². The molecule has 0 aliphatic rings. The Labute approximate surface area is 163 Å². The number of hydrogen-bond donors (Lipinski definition) is 0. The molecule has 2 aromatic carbocycles. The third-order valence-electron chi connectivity index (χ3n) is 4.24. The molecule has 1 aromatic heterocycles. The van der Waals surface area contributed by atoms with E-state index in [1.54, 1.807) is 4.68 Å². The first-order valence-corrected chi connectivity index (χ1v) is 8.97. The summed E-state index contributed by atoms with van der Waals surface area (Å²) in [6, 6.07) is 18.8. The lowest BCUT2D eigenvalue weighted by Crippen LogP contribution is -2.41. The zero-order chi connectivity index (χ0) is 20.1. The molecule has 28 heavy (non-hydrogen) atoms. The summed E-state index contributed by atoms with van der Waals surface area (Å²) >= 11 is 0. The van der Waals surface area contributed by atoms with E-state index in [-0.39, 0.29) is 18.4 Å². The van der Waals surface area contributed by atoms with Crippen LogP contribution in [-0.2, 0) is 9.53 Å². The molecule has 1 amide bonds. The molecule has 0 saturated carbocycles. The second kappa shape index (κ2) is 8.47. The Balaban J connectivity index is 2.06. The smallest absolute Gasteiger partial charge is 0.325 e. The number of hydrogen-bond acceptors (Lipinski definition) is 5. The molecule has 0 atom stereocenters. The number of benzene rings is 2. The average molecular weight is 378 g/mol.